The number of nitrogens with one attached hydrogen (secondary N) is 2. The third kappa shape index (κ3) is 8.11. The number of benzene rings is 1. The maximum absolute atomic E-state index is 12.4. The summed E-state index contributed by atoms with van der Waals surface area (Å²) in [5, 5.41) is 5.19. The molecule has 150 valence electrons. The number of carbonyl (C=O) groups excluding carboxylic acids is 3. The molecule has 0 aliphatic rings. The zero-order chi connectivity index (χ0) is 20.6. The minimum Gasteiger partial charge on any atom is -0.467 e. The molecule has 0 heterocycles. The Morgan fingerprint density at radius 2 is 1.59 bits per heavy atom. The first kappa shape index (κ1) is 22.5. The van der Waals surface area contributed by atoms with Crippen molar-refractivity contribution in [2.24, 2.45) is 5.92 Å². The molecule has 1 aromatic rings. The first-order valence-electron chi connectivity index (χ1n) is 8.95. The highest BCUT2D eigenvalue weighted by atomic mass is 16.6. The molecule has 7 heteroatoms. The normalized spacial score (nSPS) is 13.4. The van der Waals surface area contributed by atoms with E-state index in [0.29, 0.717) is 0 Å². The highest BCUT2D eigenvalue weighted by Crippen LogP contribution is 2.12. The van der Waals surface area contributed by atoms with E-state index < -0.39 is 35.7 Å². The quantitative estimate of drug-likeness (QED) is 0.711. The molecule has 2 N–H and O–H groups in total. The second-order valence-electron chi connectivity index (χ2n) is 7.64. The first-order valence-corrected chi connectivity index (χ1v) is 8.95. The van der Waals surface area contributed by atoms with Gasteiger partial charge >= 0.3 is 18.0 Å². The maximum Gasteiger partial charge on any atom is 0.329 e. The Morgan fingerprint density at radius 3 is 2.07 bits per heavy atom. The molecule has 7 nitrogen and oxygen atoms in total. The van der Waals surface area contributed by atoms with Crippen LogP contribution in [0, 0.1) is 5.92 Å². The number of methoxy groups -OCH3 is 1. The predicted molar refractivity (Wildman–Crippen MR) is 102 cm³/mol. The van der Waals surface area contributed by atoms with Gasteiger partial charge in [0.1, 0.15) is 17.7 Å². The van der Waals surface area contributed by atoms with Gasteiger partial charge < -0.3 is 20.1 Å². The van der Waals surface area contributed by atoms with Gasteiger partial charge in [-0.15, -0.1) is 0 Å². The number of esters is 2. The summed E-state index contributed by atoms with van der Waals surface area (Å²) in [5.41, 5.74) is 0.213. The smallest absolute Gasteiger partial charge is 0.329 e. The van der Waals surface area contributed by atoms with Gasteiger partial charge in [-0.05, 0) is 32.3 Å². The molecule has 1 aromatic carbocycles. The van der Waals surface area contributed by atoms with E-state index in [0.717, 1.165) is 5.56 Å². The second kappa shape index (κ2) is 9.94. The molecular formula is C20H30N2O5. The van der Waals surface area contributed by atoms with Crippen LogP contribution in [0.5, 0.6) is 0 Å². The van der Waals surface area contributed by atoms with Crippen LogP contribution in [-0.4, -0.2) is 42.8 Å². The molecule has 0 aliphatic carbocycles. The summed E-state index contributed by atoms with van der Waals surface area (Å²) in [6, 6.07) is 6.93. The van der Waals surface area contributed by atoms with Crippen molar-refractivity contribution in [3.8, 4) is 0 Å². The number of carbonyl (C=O) groups is 3. The number of ether oxygens (including phenoxy) is 2. The lowest BCUT2D eigenvalue weighted by molar-refractivity contribution is -0.158. The lowest BCUT2D eigenvalue weighted by Crippen LogP contribution is -2.54. The van der Waals surface area contributed by atoms with Crippen LogP contribution in [0.1, 0.15) is 40.2 Å². The fraction of sp³-hybridized carbons (Fsp3) is 0.550. The number of urea groups is 1. The fourth-order valence-electron chi connectivity index (χ4n) is 2.39. The second-order valence-corrected chi connectivity index (χ2v) is 7.64. The van der Waals surface area contributed by atoms with Crippen molar-refractivity contribution in [3.63, 3.8) is 0 Å². The zero-order valence-electron chi connectivity index (χ0n) is 16.9. The summed E-state index contributed by atoms with van der Waals surface area (Å²) < 4.78 is 10.1. The van der Waals surface area contributed by atoms with Gasteiger partial charge in [-0.3, -0.25) is 0 Å². The van der Waals surface area contributed by atoms with Crippen LogP contribution in [0.4, 0.5) is 4.79 Å². The summed E-state index contributed by atoms with van der Waals surface area (Å²) >= 11 is 0. The Kier molecular flexibility index (Phi) is 8.28. The van der Waals surface area contributed by atoms with Gasteiger partial charge in [-0.2, -0.15) is 0 Å². The van der Waals surface area contributed by atoms with Gasteiger partial charge in [-0.1, -0.05) is 44.2 Å². The van der Waals surface area contributed by atoms with Crippen LogP contribution < -0.4 is 10.6 Å². The molecular weight excluding hydrogens is 348 g/mol. The van der Waals surface area contributed by atoms with Gasteiger partial charge in [0, 0.05) is 6.42 Å². The van der Waals surface area contributed by atoms with Crippen molar-refractivity contribution >= 4 is 18.0 Å². The number of amides is 2. The summed E-state index contributed by atoms with van der Waals surface area (Å²) in [7, 11) is 1.26. The standard InChI is InChI=1S/C20H30N2O5/c1-13(2)16(18(24)27-20(3,4)5)22-19(25)21-15(17(23)26-6)12-14-10-8-7-9-11-14/h7-11,13,15-16H,12H2,1-6H3,(H2,21,22,25)/t15-,16-/m0/s1. The molecule has 0 aromatic heterocycles. The predicted octanol–water partition coefficient (Wildman–Crippen LogP) is 2.44. The highest BCUT2D eigenvalue weighted by Gasteiger charge is 2.30. The third-order valence-corrected chi connectivity index (χ3v) is 3.69. The summed E-state index contributed by atoms with van der Waals surface area (Å²) in [6.45, 7) is 8.88. The molecule has 0 fully saturated rings. The lowest BCUT2D eigenvalue weighted by atomic mass is 10.0. The van der Waals surface area contributed by atoms with Crippen LogP contribution in [0.25, 0.3) is 0 Å². The van der Waals surface area contributed by atoms with Crippen molar-refractivity contribution in [3.05, 3.63) is 35.9 Å². The molecule has 0 saturated heterocycles. The molecule has 0 saturated carbocycles. The minimum atomic E-state index is -0.871. The fourth-order valence-corrected chi connectivity index (χ4v) is 2.39. The monoisotopic (exact) mass is 378 g/mol. The Hall–Kier alpha value is -2.57. The summed E-state index contributed by atoms with van der Waals surface area (Å²) in [6.07, 6.45) is 0.277. The van der Waals surface area contributed by atoms with Gasteiger partial charge in [0.2, 0.25) is 0 Å². The van der Waals surface area contributed by atoms with Crippen molar-refractivity contribution in [1.82, 2.24) is 10.6 Å². The van der Waals surface area contributed by atoms with Crippen molar-refractivity contribution < 1.29 is 23.9 Å². The highest BCUT2D eigenvalue weighted by molar-refractivity contribution is 5.87. The number of hydrogen-bond acceptors (Lipinski definition) is 5. The molecule has 0 spiro atoms. The van der Waals surface area contributed by atoms with E-state index in [1.807, 2.05) is 30.3 Å². The molecule has 0 aliphatic heterocycles. The number of hydrogen-bond donors (Lipinski definition) is 2. The first-order chi connectivity index (χ1) is 12.5. The van der Waals surface area contributed by atoms with Crippen molar-refractivity contribution in [2.75, 3.05) is 7.11 Å². The molecule has 0 unspecified atom stereocenters. The minimum absolute atomic E-state index is 0.184. The van der Waals surface area contributed by atoms with Crippen molar-refractivity contribution in [1.29, 1.82) is 0 Å². The summed E-state index contributed by atoms with van der Waals surface area (Å²) in [5.74, 6) is -1.27. The van der Waals surface area contributed by atoms with E-state index >= 15 is 0 Å². The zero-order valence-corrected chi connectivity index (χ0v) is 16.9. The van der Waals surface area contributed by atoms with Crippen LogP contribution >= 0.6 is 0 Å². The molecule has 1 rings (SSSR count). The van der Waals surface area contributed by atoms with E-state index in [4.69, 9.17) is 9.47 Å². The molecule has 0 radical (unpaired) electrons. The average Bonchev–Trinajstić information content (AvgIpc) is 2.57. The van der Waals surface area contributed by atoms with Gasteiger partial charge in [-0.25, -0.2) is 14.4 Å². The van der Waals surface area contributed by atoms with Gasteiger partial charge in [0.05, 0.1) is 7.11 Å². The van der Waals surface area contributed by atoms with E-state index in [1.54, 1.807) is 34.6 Å². The van der Waals surface area contributed by atoms with Crippen LogP contribution in [0.3, 0.4) is 0 Å². The molecule has 0 bridgehead atoms. The Bertz CT molecular complexity index is 638. The maximum atomic E-state index is 12.4. The van der Waals surface area contributed by atoms with E-state index in [9.17, 15) is 14.4 Å². The van der Waals surface area contributed by atoms with Crippen LogP contribution in [0.15, 0.2) is 30.3 Å². The number of rotatable bonds is 7. The van der Waals surface area contributed by atoms with Crippen LogP contribution in [0.2, 0.25) is 0 Å². The molecule has 2 amide bonds. The molecule has 2 atom stereocenters. The lowest BCUT2D eigenvalue weighted by Gasteiger charge is -2.27. The third-order valence-electron chi connectivity index (χ3n) is 3.69. The Morgan fingerprint density at radius 1 is 1.00 bits per heavy atom. The molecule has 27 heavy (non-hydrogen) atoms. The van der Waals surface area contributed by atoms with Gasteiger partial charge in [0.15, 0.2) is 0 Å². The van der Waals surface area contributed by atoms with E-state index in [1.165, 1.54) is 7.11 Å². The summed E-state index contributed by atoms with van der Waals surface area (Å²) in [4.78, 5) is 36.8. The van der Waals surface area contributed by atoms with E-state index in [-0.39, 0.29) is 12.3 Å². The van der Waals surface area contributed by atoms with Crippen molar-refractivity contribution in [2.45, 2.75) is 58.7 Å². The Labute approximate surface area is 160 Å². The largest absolute Gasteiger partial charge is 0.467 e. The SMILES string of the molecule is COC(=O)[C@H](Cc1ccccc1)NC(=O)N[C@H](C(=O)OC(C)(C)C)C(C)C. The Balaban J connectivity index is 2.81. The van der Waals surface area contributed by atoms with Crippen LogP contribution in [-0.2, 0) is 25.5 Å². The average molecular weight is 378 g/mol. The van der Waals surface area contributed by atoms with Gasteiger partial charge in [0.25, 0.3) is 0 Å². The topological polar surface area (TPSA) is 93.7 Å². The van der Waals surface area contributed by atoms with E-state index in [2.05, 4.69) is 10.6 Å².